The Hall–Kier alpha value is -0.370. The van der Waals surface area contributed by atoms with E-state index in [-0.39, 0.29) is 0 Å². The van der Waals surface area contributed by atoms with Gasteiger partial charge in [0.25, 0.3) is 0 Å². The highest BCUT2D eigenvalue weighted by Crippen LogP contribution is 1.87. The van der Waals surface area contributed by atoms with E-state index in [1.54, 1.807) is 0 Å². The molecule has 0 atom stereocenters. The van der Waals surface area contributed by atoms with Gasteiger partial charge in [0, 0.05) is 6.42 Å². The first-order valence-electron chi connectivity index (χ1n) is 3.00. The quantitative estimate of drug-likeness (QED) is 0.402. The number of unbranched alkanes of at least 4 members (excludes halogenated alkanes) is 2. The summed E-state index contributed by atoms with van der Waals surface area (Å²) in [5.41, 5.74) is 2.26. The first-order valence-corrected chi connectivity index (χ1v) is 2.50. The summed E-state index contributed by atoms with van der Waals surface area (Å²) in [5.74, 6) is 0. The van der Waals surface area contributed by atoms with Gasteiger partial charge in [0.15, 0.2) is 0 Å². The Morgan fingerprint density at radius 1 is 1.71 bits per heavy atom. The Labute approximate surface area is 45.2 Å². The minimum atomic E-state index is 0.627. The van der Waals surface area contributed by atoms with Gasteiger partial charge < -0.3 is 10.5 Å². The highest BCUT2D eigenvalue weighted by Gasteiger charge is 1.80. The van der Waals surface area contributed by atoms with Crippen LogP contribution >= 0.6 is 0 Å². The SMILES string of the molecule is [3H]NCCCCC=O. The van der Waals surface area contributed by atoms with Crippen molar-refractivity contribution in [1.29, 1.82) is 0 Å². The Morgan fingerprint density at radius 3 is 3.14 bits per heavy atom. The zero-order chi connectivity index (χ0) is 6.24. The summed E-state index contributed by atoms with van der Waals surface area (Å²) in [4.78, 5) is 9.70. The average molecular weight is 103 g/mol. The molecule has 0 unspecified atom stereocenters. The topological polar surface area (TPSA) is 43.1 Å². The van der Waals surface area contributed by atoms with Crippen LogP contribution in [0, 0.1) is 0 Å². The zero-order valence-corrected chi connectivity index (χ0v) is 4.31. The highest BCUT2D eigenvalue weighted by atomic mass is 16.1. The molecule has 2 nitrogen and oxygen atoms in total. The van der Waals surface area contributed by atoms with E-state index in [0.29, 0.717) is 13.0 Å². The van der Waals surface area contributed by atoms with Crippen LogP contribution in [0.15, 0.2) is 0 Å². The first kappa shape index (κ1) is 4.78. The summed E-state index contributed by atoms with van der Waals surface area (Å²) in [7, 11) is 0. The van der Waals surface area contributed by atoms with Crippen LogP contribution in [0.25, 0.3) is 0 Å². The molecule has 7 heavy (non-hydrogen) atoms. The van der Waals surface area contributed by atoms with E-state index >= 15 is 0 Å². The van der Waals surface area contributed by atoms with Crippen molar-refractivity contribution in [2.24, 2.45) is 5.73 Å². The molecule has 0 bridgehead atoms. The molecule has 42 valence electrons. The van der Waals surface area contributed by atoms with Crippen molar-refractivity contribution in [1.82, 2.24) is 0 Å². The monoisotopic (exact) mass is 103 g/mol. The fourth-order valence-corrected chi connectivity index (χ4v) is 0.353. The predicted molar refractivity (Wildman–Crippen MR) is 29.0 cm³/mol. The molecule has 0 aliphatic heterocycles. The van der Waals surface area contributed by atoms with Crippen molar-refractivity contribution in [3.05, 3.63) is 0 Å². The maximum atomic E-state index is 9.70. The van der Waals surface area contributed by atoms with E-state index in [2.05, 4.69) is 5.73 Å². The highest BCUT2D eigenvalue weighted by molar-refractivity contribution is 5.48. The van der Waals surface area contributed by atoms with E-state index in [0.717, 1.165) is 19.1 Å². The summed E-state index contributed by atoms with van der Waals surface area (Å²) in [5, 5.41) is 0. The van der Waals surface area contributed by atoms with E-state index in [9.17, 15) is 4.79 Å². The smallest absolute Gasteiger partial charge is 0.119 e. The van der Waals surface area contributed by atoms with Crippen molar-refractivity contribution in [3.8, 4) is 0 Å². The van der Waals surface area contributed by atoms with Gasteiger partial charge in [-0.25, -0.2) is 0 Å². The van der Waals surface area contributed by atoms with Gasteiger partial charge in [-0.3, -0.25) is 0 Å². The molecule has 0 saturated heterocycles. The molecule has 0 aromatic heterocycles. The fourth-order valence-electron chi connectivity index (χ4n) is 0.353. The first-order chi connectivity index (χ1) is 3.91. The van der Waals surface area contributed by atoms with Gasteiger partial charge >= 0.3 is 0 Å². The molecule has 0 radical (unpaired) electrons. The lowest BCUT2D eigenvalue weighted by atomic mass is 10.2. The Kier molecular flexibility index (Phi) is 3.85. The van der Waals surface area contributed by atoms with E-state index in [1.807, 2.05) is 0 Å². The molecule has 0 aliphatic carbocycles. The van der Waals surface area contributed by atoms with Crippen molar-refractivity contribution in [2.45, 2.75) is 19.3 Å². The summed E-state index contributed by atoms with van der Waals surface area (Å²) in [6.07, 6.45) is 3.35. The lowest BCUT2D eigenvalue weighted by Crippen LogP contribution is -1.97. The third-order valence-corrected chi connectivity index (χ3v) is 0.749. The number of rotatable bonds is 5. The number of aldehydes is 1. The minimum Gasteiger partial charge on any atom is -0.330 e. The number of carbonyl (C=O) groups is 1. The Morgan fingerprint density at radius 2 is 2.57 bits per heavy atom. The van der Waals surface area contributed by atoms with Crippen LogP contribution in [0.5, 0.6) is 0 Å². The summed E-state index contributed by atoms with van der Waals surface area (Å²) in [6, 6.07) is 0. The summed E-state index contributed by atoms with van der Waals surface area (Å²) in [6.45, 7) is 0.688. The predicted octanol–water partition coefficient (Wildman–Crippen LogP) is 0.314. The zero-order valence-electron chi connectivity index (χ0n) is 5.31. The molecule has 2 heteroatoms. The third kappa shape index (κ3) is 5.63. The van der Waals surface area contributed by atoms with Crippen molar-refractivity contribution >= 4 is 6.29 Å². The molecule has 0 aliphatic rings. The molecule has 0 amide bonds. The van der Waals surface area contributed by atoms with Crippen LogP contribution in [0.4, 0.5) is 0 Å². The van der Waals surface area contributed by atoms with Gasteiger partial charge in [-0.1, -0.05) is 0 Å². The summed E-state index contributed by atoms with van der Waals surface area (Å²) >= 11 is 0. The van der Waals surface area contributed by atoms with Crippen molar-refractivity contribution in [3.63, 3.8) is 0 Å². The molecule has 0 spiro atoms. The van der Waals surface area contributed by atoms with Crippen LogP contribution in [-0.4, -0.2) is 12.8 Å². The van der Waals surface area contributed by atoms with Gasteiger partial charge in [-0.2, -0.15) is 0 Å². The average Bonchev–Trinajstić information content (AvgIpc) is 1.81. The number of hydrogen-bond donors (Lipinski definition) is 1. The van der Waals surface area contributed by atoms with Gasteiger partial charge in [0.1, 0.15) is 7.70 Å². The van der Waals surface area contributed by atoms with Crippen LogP contribution < -0.4 is 5.73 Å². The second kappa shape index (κ2) is 5.63. The van der Waals surface area contributed by atoms with Gasteiger partial charge in [0.2, 0.25) is 0 Å². The largest absolute Gasteiger partial charge is 0.330 e. The van der Waals surface area contributed by atoms with Gasteiger partial charge in [0.05, 0.1) is 0 Å². The molecular formula is C5H11NO. The van der Waals surface area contributed by atoms with E-state index in [1.165, 1.54) is 0 Å². The summed E-state index contributed by atoms with van der Waals surface area (Å²) < 4.78 is 6.50. The lowest BCUT2D eigenvalue weighted by Gasteiger charge is -1.86. The van der Waals surface area contributed by atoms with E-state index < -0.39 is 0 Å². The maximum Gasteiger partial charge on any atom is 0.119 e. The second-order valence-corrected chi connectivity index (χ2v) is 1.41. The van der Waals surface area contributed by atoms with Crippen molar-refractivity contribution < 1.29 is 6.21 Å². The lowest BCUT2D eigenvalue weighted by molar-refractivity contribution is -0.107. The van der Waals surface area contributed by atoms with E-state index in [4.69, 9.17) is 1.41 Å². The molecule has 0 fully saturated rings. The van der Waals surface area contributed by atoms with Crippen LogP contribution in [0.3, 0.4) is 0 Å². The van der Waals surface area contributed by atoms with Gasteiger partial charge in [-0.05, 0) is 19.4 Å². The molecule has 0 heterocycles. The Bertz CT molecular complexity index is 58.4. The maximum absolute atomic E-state index is 9.70. The molecule has 0 saturated carbocycles. The Balaban J connectivity index is 2.62. The molecule has 0 aromatic rings. The molecule has 0 aromatic carbocycles. The number of carbonyl (C=O) groups excluding carboxylic acids is 1. The second-order valence-electron chi connectivity index (χ2n) is 1.41. The number of nitrogens with two attached hydrogens (primary N) is 1. The van der Waals surface area contributed by atoms with Crippen LogP contribution in [0.2, 0.25) is 1.41 Å². The van der Waals surface area contributed by atoms with Crippen LogP contribution in [-0.2, 0) is 4.79 Å². The fraction of sp³-hybridized carbons (Fsp3) is 0.800. The number of hydrogen-bond acceptors (Lipinski definition) is 2. The third-order valence-electron chi connectivity index (χ3n) is 0.749. The molecule has 2 N–H and O–H groups in total. The molecular weight excluding hydrogens is 90.1 g/mol. The standard InChI is InChI=1S/C5H11NO/c6-4-2-1-3-5-7/h5H,1-4,6H2/i/hT. The van der Waals surface area contributed by atoms with Crippen molar-refractivity contribution in [2.75, 3.05) is 6.54 Å². The minimum absolute atomic E-state index is 0.627. The normalized spacial score (nSPS) is 10.6. The van der Waals surface area contributed by atoms with Gasteiger partial charge in [-0.15, -0.1) is 0 Å². The molecule has 0 rings (SSSR count). The van der Waals surface area contributed by atoms with Crippen LogP contribution in [0.1, 0.15) is 19.3 Å².